The second kappa shape index (κ2) is 6.49. The molecule has 0 bridgehead atoms. The third-order valence-corrected chi connectivity index (χ3v) is 2.10. The van der Waals surface area contributed by atoms with E-state index in [4.69, 9.17) is 21.9 Å². The van der Waals surface area contributed by atoms with Gasteiger partial charge in [0.2, 0.25) is 0 Å². The topological polar surface area (TPSA) is 52.8 Å². The Morgan fingerprint density at radius 3 is 2.36 bits per heavy atom. The summed E-state index contributed by atoms with van der Waals surface area (Å²) in [5.74, 6) is -0.0984. The van der Waals surface area contributed by atoms with Crippen molar-refractivity contribution in [2.75, 3.05) is 0 Å². The van der Waals surface area contributed by atoms with Crippen LogP contribution in [-0.2, 0) is 0 Å². The molecule has 0 rings (SSSR count). The van der Waals surface area contributed by atoms with Crippen molar-refractivity contribution in [2.24, 2.45) is 11.1 Å². The molecule has 1 atom stereocenters. The van der Waals surface area contributed by atoms with Gasteiger partial charge in [0.25, 0.3) is 0 Å². The van der Waals surface area contributed by atoms with E-state index in [1.807, 2.05) is 6.92 Å². The van der Waals surface area contributed by atoms with E-state index < -0.39 is 0 Å². The Kier molecular flexibility index (Phi) is 6.04. The van der Waals surface area contributed by atoms with Gasteiger partial charge in [-0.05, 0) is 31.9 Å². The maximum atomic E-state index is 9.02. The largest absolute Gasteiger partial charge is 0.515 e. The number of hydrogen-bond donors (Lipinski definition) is 2. The molecule has 4 heteroatoms. The molecule has 0 saturated carbocycles. The highest BCUT2D eigenvalue weighted by atomic mass is 35.5. The van der Waals surface area contributed by atoms with E-state index in [0.717, 1.165) is 12.7 Å². The first kappa shape index (κ1) is 13.0. The third-order valence-electron chi connectivity index (χ3n) is 1.99. The molecule has 0 aliphatic heterocycles. The van der Waals surface area contributed by atoms with Crippen molar-refractivity contribution in [3.05, 3.63) is 22.9 Å². The molecule has 14 heavy (non-hydrogen) atoms. The Hall–Kier alpha value is -0.960. The maximum absolute atomic E-state index is 9.02. The molecule has 0 aliphatic rings. The lowest BCUT2D eigenvalue weighted by Gasteiger charge is -2.13. The highest BCUT2D eigenvalue weighted by molar-refractivity contribution is 6.29. The average Bonchev–Trinajstić information content (AvgIpc) is 2.16. The van der Waals surface area contributed by atoms with Gasteiger partial charge in [0.1, 0.15) is 0 Å². The summed E-state index contributed by atoms with van der Waals surface area (Å²) in [5.41, 5.74) is 1.21. The van der Waals surface area contributed by atoms with Crippen LogP contribution in [0.2, 0.25) is 0 Å². The fourth-order valence-corrected chi connectivity index (χ4v) is 1.43. The zero-order chi connectivity index (χ0) is 11.1. The summed E-state index contributed by atoms with van der Waals surface area (Å²) in [6, 6.07) is 0. The fourth-order valence-electron chi connectivity index (χ4n) is 1.30. The molecule has 0 aromatic rings. The van der Waals surface area contributed by atoms with Gasteiger partial charge in [0, 0.05) is 11.0 Å². The monoisotopic (exact) mass is 217 g/mol. The number of rotatable bonds is 4. The number of hydrogen-bond acceptors (Lipinski definition) is 3. The van der Waals surface area contributed by atoms with Gasteiger partial charge in [-0.1, -0.05) is 23.7 Å². The minimum absolute atomic E-state index is 0.0984. The normalized spacial score (nSPS) is 17.0. The van der Waals surface area contributed by atoms with E-state index in [1.54, 1.807) is 19.9 Å². The van der Waals surface area contributed by atoms with Crippen molar-refractivity contribution in [1.29, 1.82) is 0 Å². The predicted octanol–water partition coefficient (Wildman–Crippen LogP) is 3.45. The Labute approximate surface area is 89.4 Å². The van der Waals surface area contributed by atoms with Gasteiger partial charge >= 0.3 is 0 Å². The SMILES string of the molecule is CCC(C(=C/O)/C=C(\C)Cl)/C(C)=N/O. The zero-order valence-corrected chi connectivity index (χ0v) is 9.41. The van der Waals surface area contributed by atoms with Gasteiger partial charge in [0.05, 0.1) is 12.0 Å². The number of aliphatic hydroxyl groups excluding tert-OH is 1. The lowest BCUT2D eigenvalue weighted by atomic mass is 9.92. The number of allylic oxidation sites excluding steroid dienone is 3. The van der Waals surface area contributed by atoms with Crippen LogP contribution in [0.1, 0.15) is 27.2 Å². The summed E-state index contributed by atoms with van der Waals surface area (Å²) >= 11 is 5.71. The molecule has 0 aliphatic carbocycles. The molecule has 0 fully saturated rings. The average molecular weight is 218 g/mol. The quantitative estimate of drug-likeness (QED) is 0.249. The summed E-state index contributed by atoms with van der Waals surface area (Å²) in [7, 11) is 0. The summed E-state index contributed by atoms with van der Waals surface area (Å²) in [5, 5.41) is 21.4. The minimum atomic E-state index is -0.0984. The predicted molar refractivity (Wildman–Crippen MR) is 59.0 cm³/mol. The molecule has 3 nitrogen and oxygen atoms in total. The molecule has 0 aromatic heterocycles. The molecule has 80 valence electrons. The summed E-state index contributed by atoms with van der Waals surface area (Å²) in [6.07, 6.45) is 3.39. The highest BCUT2D eigenvalue weighted by Crippen LogP contribution is 2.20. The molecule has 1 unspecified atom stereocenters. The highest BCUT2D eigenvalue weighted by Gasteiger charge is 2.14. The number of nitrogens with zero attached hydrogens (tertiary/aromatic N) is 1. The number of halogens is 1. The van der Waals surface area contributed by atoms with Crippen molar-refractivity contribution in [3.8, 4) is 0 Å². The Morgan fingerprint density at radius 2 is 2.07 bits per heavy atom. The van der Waals surface area contributed by atoms with Crippen molar-refractivity contribution in [2.45, 2.75) is 27.2 Å². The second-order valence-corrected chi connectivity index (χ2v) is 3.66. The van der Waals surface area contributed by atoms with Crippen molar-refractivity contribution in [3.63, 3.8) is 0 Å². The molecule has 0 heterocycles. The van der Waals surface area contributed by atoms with E-state index >= 15 is 0 Å². The van der Waals surface area contributed by atoms with Crippen LogP contribution in [0.5, 0.6) is 0 Å². The van der Waals surface area contributed by atoms with Gasteiger partial charge in [-0.15, -0.1) is 0 Å². The third kappa shape index (κ3) is 3.83. The van der Waals surface area contributed by atoms with Crippen LogP contribution in [-0.4, -0.2) is 16.0 Å². The smallest absolute Gasteiger partial charge is 0.0830 e. The minimum Gasteiger partial charge on any atom is -0.515 e. The van der Waals surface area contributed by atoms with Gasteiger partial charge in [-0.2, -0.15) is 0 Å². The Balaban J connectivity index is 4.92. The number of oxime groups is 1. The summed E-state index contributed by atoms with van der Waals surface area (Å²) < 4.78 is 0. The van der Waals surface area contributed by atoms with Crippen LogP contribution in [0, 0.1) is 5.92 Å². The van der Waals surface area contributed by atoms with Gasteiger partial charge < -0.3 is 10.3 Å². The maximum Gasteiger partial charge on any atom is 0.0830 e. The van der Waals surface area contributed by atoms with Crippen LogP contribution in [0.4, 0.5) is 0 Å². The first-order valence-electron chi connectivity index (χ1n) is 4.43. The lowest BCUT2D eigenvalue weighted by molar-refractivity contribution is 0.315. The number of aliphatic hydroxyl groups is 1. The van der Waals surface area contributed by atoms with Crippen LogP contribution < -0.4 is 0 Å². The summed E-state index contributed by atoms with van der Waals surface area (Å²) in [6.45, 7) is 5.37. The van der Waals surface area contributed by atoms with Crippen LogP contribution in [0.3, 0.4) is 0 Å². The molecule has 0 amide bonds. The van der Waals surface area contributed by atoms with E-state index in [1.165, 1.54) is 0 Å². The molecule has 0 saturated heterocycles. The standard InChI is InChI=1S/C10H16ClNO2/c1-4-10(8(3)12-14)9(6-13)5-7(2)11/h5-6,10,13-14H,4H2,1-3H3/b7-5+,9-6+,12-8+. The van der Waals surface area contributed by atoms with Gasteiger partial charge in [-0.25, -0.2) is 0 Å². The van der Waals surface area contributed by atoms with Crippen LogP contribution in [0.25, 0.3) is 0 Å². The lowest BCUT2D eigenvalue weighted by Crippen LogP contribution is -2.12. The fraction of sp³-hybridized carbons (Fsp3) is 0.500. The van der Waals surface area contributed by atoms with Crippen molar-refractivity contribution >= 4 is 17.3 Å². The molecule has 0 spiro atoms. The van der Waals surface area contributed by atoms with E-state index in [9.17, 15) is 0 Å². The van der Waals surface area contributed by atoms with Crippen LogP contribution >= 0.6 is 11.6 Å². The van der Waals surface area contributed by atoms with E-state index in [2.05, 4.69) is 5.16 Å². The molecule has 2 N–H and O–H groups in total. The Bertz CT molecular complexity index is 265. The van der Waals surface area contributed by atoms with Gasteiger partial charge in [-0.3, -0.25) is 0 Å². The molecule has 0 radical (unpaired) electrons. The second-order valence-electron chi connectivity index (χ2n) is 3.06. The Morgan fingerprint density at radius 1 is 1.50 bits per heavy atom. The van der Waals surface area contributed by atoms with E-state index in [0.29, 0.717) is 16.3 Å². The summed E-state index contributed by atoms with van der Waals surface area (Å²) in [4.78, 5) is 0. The molecule has 0 aromatic carbocycles. The van der Waals surface area contributed by atoms with Gasteiger partial charge in [0.15, 0.2) is 0 Å². The zero-order valence-electron chi connectivity index (χ0n) is 8.66. The van der Waals surface area contributed by atoms with Crippen molar-refractivity contribution < 1.29 is 10.3 Å². The van der Waals surface area contributed by atoms with E-state index in [-0.39, 0.29) is 5.92 Å². The first-order chi connectivity index (χ1) is 6.56. The first-order valence-corrected chi connectivity index (χ1v) is 4.81. The van der Waals surface area contributed by atoms with Crippen LogP contribution in [0.15, 0.2) is 28.1 Å². The van der Waals surface area contributed by atoms with Crippen molar-refractivity contribution in [1.82, 2.24) is 0 Å². The molecular weight excluding hydrogens is 202 g/mol. The molecular formula is C10H16ClNO2.